The first-order valence-corrected chi connectivity index (χ1v) is 7.70. The predicted molar refractivity (Wildman–Crippen MR) is 81.1 cm³/mol. The van der Waals surface area contributed by atoms with Crippen molar-refractivity contribution >= 4 is 23.6 Å². The SMILES string of the molecule is CON=C1[C@@H](OC(C)=O)CN2CC[C@H](OC(C)=O)[C@@H]2[C@H]1OC(C)=O. The van der Waals surface area contributed by atoms with E-state index in [2.05, 4.69) is 5.16 Å². The number of fused-ring (bicyclic) bond motifs is 1. The van der Waals surface area contributed by atoms with Crippen molar-refractivity contribution in [2.75, 3.05) is 20.2 Å². The van der Waals surface area contributed by atoms with Crippen molar-refractivity contribution in [1.29, 1.82) is 0 Å². The number of rotatable bonds is 4. The number of piperidine rings is 1. The molecular weight excluding hydrogens is 320 g/mol. The summed E-state index contributed by atoms with van der Waals surface area (Å²) in [6, 6.07) is -0.390. The third-order valence-electron chi connectivity index (χ3n) is 3.95. The van der Waals surface area contributed by atoms with Crippen LogP contribution < -0.4 is 0 Å². The first-order valence-electron chi connectivity index (χ1n) is 7.70. The second-order valence-electron chi connectivity index (χ2n) is 5.75. The fraction of sp³-hybridized carbons (Fsp3) is 0.733. The van der Waals surface area contributed by atoms with Crippen LogP contribution in [-0.4, -0.2) is 73.1 Å². The third-order valence-corrected chi connectivity index (χ3v) is 3.95. The van der Waals surface area contributed by atoms with Gasteiger partial charge in [0, 0.05) is 33.9 Å². The van der Waals surface area contributed by atoms with Crippen LogP contribution in [0.1, 0.15) is 27.2 Å². The van der Waals surface area contributed by atoms with Crippen LogP contribution in [0, 0.1) is 0 Å². The summed E-state index contributed by atoms with van der Waals surface area (Å²) in [7, 11) is 1.35. The maximum atomic E-state index is 11.6. The van der Waals surface area contributed by atoms with Gasteiger partial charge in [-0.15, -0.1) is 0 Å². The lowest BCUT2D eigenvalue weighted by Gasteiger charge is -2.41. The Morgan fingerprint density at radius 2 is 1.67 bits per heavy atom. The number of oxime groups is 1. The van der Waals surface area contributed by atoms with Gasteiger partial charge in [-0.3, -0.25) is 19.3 Å². The highest BCUT2D eigenvalue weighted by Crippen LogP contribution is 2.32. The molecule has 24 heavy (non-hydrogen) atoms. The van der Waals surface area contributed by atoms with E-state index in [0.29, 0.717) is 25.2 Å². The average Bonchev–Trinajstić information content (AvgIpc) is 2.83. The van der Waals surface area contributed by atoms with Gasteiger partial charge in [0.1, 0.15) is 18.9 Å². The molecule has 2 saturated heterocycles. The van der Waals surface area contributed by atoms with E-state index >= 15 is 0 Å². The second kappa shape index (κ2) is 7.61. The molecule has 0 aliphatic carbocycles. The summed E-state index contributed by atoms with van der Waals surface area (Å²) in [6.07, 6.45) is -1.37. The molecule has 4 atom stereocenters. The van der Waals surface area contributed by atoms with Crippen LogP contribution in [0.15, 0.2) is 5.16 Å². The van der Waals surface area contributed by atoms with E-state index in [9.17, 15) is 14.4 Å². The lowest BCUT2D eigenvalue weighted by molar-refractivity contribution is -0.156. The van der Waals surface area contributed by atoms with Crippen molar-refractivity contribution in [3.8, 4) is 0 Å². The Balaban J connectivity index is 2.35. The Hall–Kier alpha value is -2.16. The van der Waals surface area contributed by atoms with Gasteiger partial charge in [0.25, 0.3) is 0 Å². The van der Waals surface area contributed by atoms with E-state index < -0.39 is 42.3 Å². The lowest BCUT2D eigenvalue weighted by atomic mass is 9.93. The molecule has 2 aliphatic heterocycles. The van der Waals surface area contributed by atoms with E-state index in [1.54, 1.807) is 0 Å². The molecule has 0 aromatic rings. The van der Waals surface area contributed by atoms with Crippen LogP contribution in [0.5, 0.6) is 0 Å². The van der Waals surface area contributed by atoms with Crippen molar-refractivity contribution in [3.05, 3.63) is 0 Å². The van der Waals surface area contributed by atoms with Gasteiger partial charge in [-0.1, -0.05) is 5.16 Å². The minimum atomic E-state index is -0.826. The molecule has 134 valence electrons. The highest BCUT2D eigenvalue weighted by molar-refractivity contribution is 5.96. The summed E-state index contributed by atoms with van der Waals surface area (Å²) in [6.45, 7) is 4.89. The van der Waals surface area contributed by atoms with E-state index in [1.165, 1.54) is 27.9 Å². The van der Waals surface area contributed by atoms with E-state index in [1.807, 2.05) is 4.90 Å². The molecule has 0 saturated carbocycles. The van der Waals surface area contributed by atoms with Gasteiger partial charge in [0.2, 0.25) is 0 Å². The van der Waals surface area contributed by atoms with Gasteiger partial charge in [0.05, 0.1) is 6.04 Å². The monoisotopic (exact) mass is 342 g/mol. The number of hydrogen-bond acceptors (Lipinski definition) is 9. The molecule has 0 N–H and O–H groups in total. The Morgan fingerprint density at radius 3 is 2.21 bits per heavy atom. The molecular formula is C15H22N2O7. The summed E-state index contributed by atoms with van der Waals surface area (Å²) in [5.41, 5.74) is 0.295. The van der Waals surface area contributed by atoms with Crippen molar-refractivity contribution < 1.29 is 33.4 Å². The number of carbonyl (C=O) groups is 3. The molecule has 0 spiro atoms. The van der Waals surface area contributed by atoms with Crippen LogP contribution in [0.3, 0.4) is 0 Å². The Bertz CT molecular complexity index is 548. The van der Waals surface area contributed by atoms with Gasteiger partial charge in [-0.05, 0) is 6.42 Å². The molecule has 0 aromatic heterocycles. The lowest BCUT2D eigenvalue weighted by Crippen LogP contribution is -2.61. The third kappa shape index (κ3) is 4.02. The summed E-state index contributed by atoms with van der Waals surface area (Å²) in [5, 5.41) is 3.92. The molecule has 2 fully saturated rings. The van der Waals surface area contributed by atoms with E-state index in [4.69, 9.17) is 19.0 Å². The largest absolute Gasteiger partial charge is 0.461 e. The zero-order valence-electron chi connectivity index (χ0n) is 14.2. The fourth-order valence-electron chi connectivity index (χ4n) is 3.28. The Morgan fingerprint density at radius 1 is 1.04 bits per heavy atom. The minimum Gasteiger partial charge on any atom is -0.461 e. The fourth-order valence-corrected chi connectivity index (χ4v) is 3.28. The normalized spacial score (nSPS) is 31.2. The van der Waals surface area contributed by atoms with Crippen LogP contribution in [0.4, 0.5) is 0 Å². The Kier molecular flexibility index (Phi) is 5.76. The smallest absolute Gasteiger partial charge is 0.303 e. The van der Waals surface area contributed by atoms with Gasteiger partial charge in [-0.25, -0.2) is 0 Å². The van der Waals surface area contributed by atoms with E-state index in [0.717, 1.165) is 0 Å². The first-order chi connectivity index (χ1) is 11.3. The maximum Gasteiger partial charge on any atom is 0.303 e. The van der Waals surface area contributed by atoms with E-state index in [-0.39, 0.29) is 0 Å². The highest BCUT2D eigenvalue weighted by atomic mass is 16.6. The van der Waals surface area contributed by atoms with Crippen LogP contribution in [0.25, 0.3) is 0 Å². The molecule has 0 amide bonds. The average molecular weight is 342 g/mol. The standard InChI is InChI=1S/C15H22N2O7/c1-8(18)22-11-5-6-17-7-12(23-9(2)19)13(16-21-4)15(14(11)17)24-10(3)20/h11-12,14-15H,5-7H2,1-4H3/t11-,12-,14+,15-/m0/s1. The van der Waals surface area contributed by atoms with Gasteiger partial charge in [-0.2, -0.15) is 0 Å². The van der Waals surface area contributed by atoms with Gasteiger partial charge in [0.15, 0.2) is 12.2 Å². The summed E-state index contributed by atoms with van der Waals surface area (Å²) >= 11 is 0. The maximum absolute atomic E-state index is 11.6. The molecule has 9 heteroatoms. The van der Waals surface area contributed by atoms with Crippen molar-refractivity contribution in [2.24, 2.45) is 5.16 Å². The summed E-state index contributed by atoms with van der Waals surface area (Å²) in [4.78, 5) is 41.1. The number of carbonyl (C=O) groups excluding carboxylic acids is 3. The summed E-state index contributed by atoms with van der Waals surface area (Å²) < 4.78 is 16.1. The Labute approximate surface area is 139 Å². The quantitative estimate of drug-likeness (QED) is 0.395. The topological polar surface area (TPSA) is 104 Å². The number of nitrogens with zero attached hydrogens (tertiary/aromatic N) is 2. The molecule has 0 bridgehead atoms. The zero-order valence-corrected chi connectivity index (χ0v) is 14.2. The minimum absolute atomic E-state index is 0.295. The first kappa shape index (κ1) is 18.2. The molecule has 2 rings (SSSR count). The second-order valence-corrected chi connectivity index (χ2v) is 5.75. The predicted octanol–water partition coefficient (Wildman–Crippen LogP) is -0.128. The molecule has 0 aromatic carbocycles. The molecule has 2 heterocycles. The molecule has 0 radical (unpaired) electrons. The van der Waals surface area contributed by atoms with Crippen LogP contribution >= 0.6 is 0 Å². The van der Waals surface area contributed by atoms with Crippen molar-refractivity contribution in [3.63, 3.8) is 0 Å². The van der Waals surface area contributed by atoms with Crippen molar-refractivity contribution in [1.82, 2.24) is 4.90 Å². The molecule has 2 aliphatic rings. The van der Waals surface area contributed by atoms with Crippen molar-refractivity contribution in [2.45, 2.75) is 51.5 Å². The highest BCUT2D eigenvalue weighted by Gasteiger charge is 2.52. The number of esters is 3. The van der Waals surface area contributed by atoms with Crippen LogP contribution in [0.2, 0.25) is 0 Å². The molecule has 9 nitrogen and oxygen atoms in total. The van der Waals surface area contributed by atoms with Gasteiger partial charge < -0.3 is 19.0 Å². The summed E-state index contributed by atoms with van der Waals surface area (Å²) in [5.74, 6) is -1.39. The van der Waals surface area contributed by atoms with Gasteiger partial charge >= 0.3 is 17.9 Å². The number of hydrogen-bond donors (Lipinski definition) is 0. The zero-order chi connectivity index (χ0) is 17.9. The number of ether oxygens (including phenoxy) is 3. The van der Waals surface area contributed by atoms with Crippen LogP contribution in [-0.2, 0) is 33.4 Å². The molecule has 0 unspecified atom stereocenters.